The predicted molar refractivity (Wildman–Crippen MR) is 107 cm³/mol. The fourth-order valence-electron chi connectivity index (χ4n) is 4.51. The molecule has 3 saturated heterocycles. The molecule has 2 bridgehead atoms. The molecule has 0 unspecified atom stereocenters. The predicted octanol–water partition coefficient (Wildman–Crippen LogP) is 3.74. The van der Waals surface area contributed by atoms with Gasteiger partial charge in [0.2, 0.25) is 0 Å². The van der Waals surface area contributed by atoms with Gasteiger partial charge in [0.05, 0.1) is 7.11 Å². The van der Waals surface area contributed by atoms with E-state index in [1.807, 2.05) is 43.3 Å². The molecule has 2 aromatic carbocycles. The summed E-state index contributed by atoms with van der Waals surface area (Å²) < 4.78 is 5.26. The Morgan fingerprint density at radius 3 is 2.56 bits per heavy atom. The summed E-state index contributed by atoms with van der Waals surface area (Å²) in [4.78, 5) is 17.9. The van der Waals surface area contributed by atoms with Crippen molar-refractivity contribution in [3.05, 3.63) is 65.2 Å². The molecule has 0 aromatic heterocycles. The molecule has 0 N–H and O–H groups in total. The van der Waals surface area contributed by atoms with Crippen LogP contribution in [0.4, 0.5) is 0 Å². The number of piperidine rings is 1. The fraction of sp³-hybridized carbons (Fsp3) is 0.435. The third kappa shape index (κ3) is 3.86. The van der Waals surface area contributed by atoms with E-state index in [0.29, 0.717) is 12.0 Å². The number of methoxy groups -OCH3 is 1. The summed E-state index contributed by atoms with van der Waals surface area (Å²) in [6.45, 7) is 5.87. The van der Waals surface area contributed by atoms with E-state index < -0.39 is 0 Å². The van der Waals surface area contributed by atoms with Crippen molar-refractivity contribution in [2.45, 2.75) is 32.4 Å². The molecule has 3 fully saturated rings. The molecule has 3 aliphatic rings. The Kier molecular flexibility index (Phi) is 5.17. The minimum Gasteiger partial charge on any atom is -0.497 e. The van der Waals surface area contributed by atoms with Crippen LogP contribution in [0.15, 0.2) is 48.5 Å². The molecule has 2 aromatic rings. The van der Waals surface area contributed by atoms with E-state index in [9.17, 15) is 4.79 Å². The van der Waals surface area contributed by atoms with E-state index in [-0.39, 0.29) is 5.91 Å². The maximum atomic E-state index is 13.2. The van der Waals surface area contributed by atoms with E-state index in [1.54, 1.807) is 7.11 Å². The molecule has 1 amide bonds. The molecule has 0 spiro atoms. The second-order valence-corrected chi connectivity index (χ2v) is 7.91. The number of carbonyl (C=O) groups excluding carboxylic acids is 1. The highest BCUT2D eigenvalue weighted by Gasteiger charge is 2.37. The number of benzene rings is 2. The number of hydrogen-bond donors (Lipinski definition) is 0. The third-order valence-electron chi connectivity index (χ3n) is 5.99. The number of fused-ring (bicyclic) bond motifs is 4. The van der Waals surface area contributed by atoms with Crippen molar-refractivity contribution in [2.75, 3.05) is 26.7 Å². The molecular weight excluding hydrogens is 336 g/mol. The van der Waals surface area contributed by atoms with E-state index >= 15 is 0 Å². The van der Waals surface area contributed by atoms with Gasteiger partial charge in [0, 0.05) is 37.8 Å². The summed E-state index contributed by atoms with van der Waals surface area (Å²) in [6.07, 6.45) is 2.34. The van der Waals surface area contributed by atoms with Crippen molar-refractivity contribution in [3.8, 4) is 5.75 Å². The largest absolute Gasteiger partial charge is 0.497 e. The average Bonchev–Trinajstić information content (AvgIpc) is 2.99. The summed E-state index contributed by atoms with van der Waals surface area (Å²) in [7, 11) is 1.70. The minimum absolute atomic E-state index is 0.203. The van der Waals surface area contributed by atoms with Crippen LogP contribution >= 0.6 is 0 Å². The number of rotatable bonds is 4. The number of carbonyl (C=O) groups is 1. The number of nitrogens with zero attached hydrogens (tertiary/aromatic N) is 2. The Bertz CT molecular complexity index is 802. The highest BCUT2D eigenvalue weighted by atomic mass is 16.5. The highest BCUT2D eigenvalue weighted by Crippen LogP contribution is 2.30. The van der Waals surface area contributed by atoms with E-state index in [0.717, 1.165) is 49.5 Å². The Morgan fingerprint density at radius 2 is 1.81 bits per heavy atom. The zero-order valence-electron chi connectivity index (χ0n) is 16.2. The quantitative estimate of drug-likeness (QED) is 0.828. The highest BCUT2D eigenvalue weighted by molar-refractivity contribution is 5.96. The van der Waals surface area contributed by atoms with E-state index in [1.165, 1.54) is 12.0 Å². The Morgan fingerprint density at radius 1 is 1.04 bits per heavy atom. The molecule has 2 atom stereocenters. The van der Waals surface area contributed by atoms with Crippen molar-refractivity contribution in [2.24, 2.45) is 5.92 Å². The van der Waals surface area contributed by atoms with Crippen molar-refractivity contribution >= 4 is 5.91 Å². The van der Waals surface area contributed by atoms with Crippen LogP contribution in [0.1, 0.15) is 34.3 Å². The summed E-state index contributed by atoms with van der Waals surface area (Å²) >= 11 is 0. The minimum atomic E-state index is 0.203. The first-order valence-electron chi connectivity index (χ1n) is 9.86. The second-order valence-electron chi connectivity index (χ2n) is 7.91. The lowest BCUT2D eigenvalue weighted by Gasteiger charge is -2.36. The molecule has 3 heterocycles. The third-order valence-corrected chi connectivity index (χ3v) is 5.99. The zero-order chi connectivity index (χ0) is 18.8. The van der Waals surface area contributed by atoms with Crippen LogP contribution in [0.2, 0.25) is 0 Å². The Labute approximate surface area is 161 Å². The van der Waals surface area contributed by atoms with Gasteiger partial charge < -0.3 is 9.64 Å². The lowest BCUT2D eigenvalue weighted by atomic mass is 9.94. The van der Waals surface area contributed by atoms with Gasteiger partial charge in [0.1, 0.15) is 5.75 Å². The summed E-state index contributed by atoms with van der Waals surface area (Å²) in [5.74, 6) is 1.66. The number of amides is 1. The molecule has 3 aliphatic heterocycles. The van der Waals surface area contributed by atoms with Gasteiger partial charge in [-0.25, -0.2) is 0 Å². The van der Waals surface area contributed by atoms with Gasteiger partial charge >= 0.3 is 0 Å². The summed E-state index contributed by atoms with van der Waals surface area (Å²) in [6, 6.07) is 16.6. The van der Waals surface area contributed by atoms with Gasteiger partial charge in [-0.05, 0) is 55.0 Å². The van der Waals surface area contributed by atoms with Gasteiger partial charge in [0.25, 0.3) is 5.91 Å². The van der Waals surface area contributed by atoms with E-state index in [4.69, 9.17) is 4.74 Å². The summed E-state index contributed by atoms with van der Waals surface area (Å²) in [5, 5.41) is 0. The Balaban J connectivity index is 1.48. The van der Waals surface area contributed by atoms with Crippen LogP contribution in [0.5, 0.6) is 5.75 Å². The molecular formula is C23H28N2O2. The molecule has 5 rings (SSSR count). The van der Waals surface area contributed by atoms with Crippen LogP contribution in [-0.2, 0) is 6.54 Å². The van der Waals surface area contributed by atoms with Crippen LogP contribution in [0, 0.1) is 12.8 Å². The van der Waals surface area contributed by atoms with Crippen molar-refractivity contribution in [1.29, 1.82) is 0 Å². The molecule has 142 valence electrons. The monoisotopic (exact) mass is 364 g/mol. The van der Waals surface area contributed by atoms with Gasteiger partial charge in [0.15, 0.2) is 0 Å². The zero-order valence-corrected chi connectivity index (χ0v) is 16.2. The first-order valence-corrected chi connectivity index (χ1v) is 9.86. The van der Waals surface area contributed by atoms with Gasteiger partial charge in [-0.15, -0.1) is 0 Å². The topological polar surface area (TPSA) is 32.8 Å². The van der Waals surface area contributed by atoms with Crippen molar-refractivity contribution in [1.82, 2.24) is 9.80 Å². The summed E-state index contributed by atoms with van der Waals surface area (Å²) in [5.41, 5.74) is 3.22. The number of ether oxygens (including phenoxy) is 1. The first kappa shape index (κ1) is 18.1. The number of aryl methyl sites for hydroxylation is 1. The maximum absolute atomic E-state index is 13.2. The number of hydrogen-bond acceptors (Lipinski definition) is 3. The molecule has 0 aliphatic carbocycles. The lowest BCUT2D eigenvalue weighted by Crippen LogP contribution is -2.47. The smallest absolute Gasteiger partial charge is 0.254 e. The molecule has 4 heteroatoms. The van der Waals surface area contributed by atoms with Gasteiger partial charge in [-0.1, -0.05) is 30.3 Å². The van der Waals surface area contributed by atoms with Crippen LogP contribution in [-0.4, -0.2) is 48.5 Å². The molecule has 27 heavy (non-hydrogen) atoms. The average molecular weight is 364 g/mol. The van der Waals surface area contributed by atoms with Gasteiger partial charge in [-0.3, -0.25) is 9.69 Å². The molecule has 4 nitrogen and oxygen atoms in total. The second kappa shape index (κ2) is 7.73. The van der Waals surface area contributed by atoms with Crippen LogP contribution in [0.3, 0.4) is 0 Å². The standard InChI is InChI=1S/C23H28N2O2/c1-17-5-3-4-6-22(17)23(26)25-15-19-7-10-20(25)16-24(14-19)13-18-8-11-21(27-2)12-9-18/h3-6,8-9,11-12,19-20H,7,10,13-16H2,1-2H3/t19-,20+/m0/s1. The van der Waals surface area contributed by atoms with Crippen LogP contribution < -0.4 is 4.74 Å². The van der Waals surface area contributed by atoms with Crippen molar-refractivity contribution in [3.63, 3.8) is 0 Å². The molecule has 0 radical (unpaired) electrons. The molecule has 0 saturated carbocycles. The SMILES string of the molecule is COc1ccc(CN2C[C@@H]3CC[C@H](C2)N(C(=O)c2ccccc2C)C3)cc1. The Hall–Kier alpha value is -2.33. The first-order chi connectivity index (χ1) is 13.1. The van der Waals surface area contributed by atoms with Crippen molar-refractivity contribution < 1.29 is 9.53 Å². The van der Waals surface area contributed by atoms with E-state index in [2.05, 4.69) is 21.9 Å². The maximum Gasteiger partial charge on any atom is 0.254 e. The van der Waals surface area contributed by atoms with Gasteiger partial charge in [-0.2, -0.15) is 0 Å². The van der Waals surface area contributed by atoms with Crippen LogP contribution in [0.25, 0.3) is 0 Å². The normalized spacial score (nSPS) is 22.5. The fourth-order valence-corrected chi connectivity index (χ4v) is 4.51. The lowest BCUT2D eigenvalue weighted by molar-refractivity contribution is 0.0584.